The topological polar surface area (TPSA) is 117 Å². The van der Waals surface area contributed by atoms with Crippen molar-refractivity contribution in [1.29, 1.82) is 0 Å². The van der Waals surface area contributed by atoms with E-state index in [0.29, 0.717) is 17.0 Å². The fourth-order valence-electron chi connectivity index (χ4n) is 3.26. The summed E-state index contributed by atoms with van der Waals surface area (Å²) in [6.45, 7) is 1.37. The van der Waals surface area contributed by atoms with E-state index in [0.717, 1.165) is 19.7 Å². The monoisotopic (exact) mass is 634 g/mol. The highest BCUT2D eigenvalue weighted by Crippen LogP contribution is 2.19. The molecule has 0 aliphatic carbocycles. The Hall–Kier alpha value is -3.45. The largest absolute Gasteiger partial charge is 0.484 e. The van der Waals surface area contributed by atoms with Crippen molar-refractivity contribution in [2.24, 2.45) is 5.10 Å². The number of rotatable bonds is 11. The van der Waals surface area contributed by atoms with E-state index >= 15 is 0 Å². The molecule has 0 spiro atoms. The van der Waals surface area contributed by atoms with Gasteiger partial charge < -0.3 is 10.1 Å². The van der Waals surface area contributed by atoms with E-state index in [9.17, 15) is 18.0 Å². The highest BCUT2D eigenvalue weighted by molar-refractivity contribution is 14.1. The van der Waals surface area contributed by atoms with Crippen LogP contribution in [0.3, 0.4) is 0 Å². The fraction of sp³-hybridized carbons (Fsp3) is 0.192. The van der Waals surface area contributed by atoms with Crippen molar-refractivity contribution in [3.63, 3.8) is 0 Å². The first kappa shape index (κ1) is 28.1. The highest BCUT2D eigenvalue weighted by Gasteiger charge is 2.20. The van der Waals surface area contributed by atoms with Crippen LogP contribution in [0.5, 0.6) is 5.75 Å². The number of hydrogen-bond acceptors (Lipinski definition) is 6. The molecular weight excluding hydrogens is 607 g/mol. The van der Waals surface area contributed by atoms with Crippen LogP contribution in [0.15, 0.2) is 84.0 Å². The zero-order chi connectivity index (χ0) is 26.8. The van der Waals surface area contributed by atoms with Gasteiger partial charge in [0.05, 0.1) is 24.2 Å². The molecule has 11 heteroatoms. The second kappa shape index (κ2) is 13.2. The lowest BCUT2D eigenvalue weighted by Gasteiger charge is -2.21. The molecule has 0 unspecified atom stereocenters. The van der Waals surface area contributed by atoms with Gasteiger partial charge in [0.2, 0.25) is 10.0 Å². The molecule has 0 fully saturated rings. The Morgan fingerprint density at radius 2 is 1.65 bits per heavy atom. The third-order valence-electron chi connectivity index (χ3n) is 5.13. The molecule has 9 nitrogen and oxygen atoms in total. The molecule has 3 aromatic rings. The Morgan fingerprint density at radius 1 is 1.00 bits per heavy atom. The van der Waals surface area contributed by atoms with Crippen LogP contribution < -0.4 is 19.8 Å². The standard InChI is InChI=1S/C26H27IN4O5S/c1-19(21-6-4-3-5-7-21)29-26(33)18-36-24-14-8-20(9-15-24)16-28-30-25(32)17-31(37(2,34)35)23-12-10-22(27)11-13-23/h3-16,19H,17-18H2,1-2H3,(H,29,33)(H,30,32)/b28-16-/t19-/m0/s1. The average Bonchev–Trinajstić information content (AvgIpc) is 2.87. The first-order valence-corrected chi connectivity index (χ1v) is 14.2. The lowest BCUT2D eigenvalue weighted by molar-refractivity contribution is -0.123. The van der Waals surface area contributed by atoms with Gasteiger partial charge in [-0.2, -0.15) is 5.10 Å². The van der Waals surface area contributed by atoms with Crippen LogP contribution in [0.1, 0.15) is 24.1 Å². The van der Waals surface area contributed by atoms with Crippen molar-refractivity contribution >= 4 is 56.3 Å². The first-order valence-electron chi connectivity index (χ1n) is 11.2. The summed E-state index contributed by atoms with van der Waals surface area (Å²) in [7, 11) is -3.66. The molecule has 0 saturated heterocycles. The van der Waals surface area contributed by atoms with E-state index in [2.05, 4.69) is 38.4 Å². The Bertz CT molecular complexity index is 1330. The van der Waals surface area contributed by atoms with E-state index in [-0.39, 0.29) is 18.6 Å². The molecule has 3 rings (SSSR count). The number of benzene rings is 3. The molecule has 0 aromatic heterocycles. The number of halogens is 1. The number of hydrazone groups is 1. The van der Waals surface area contributed by atoms with Crippen LogP contribution in [-0.4, -0.2) is 45.9 Å². The maximum Gasteiger partial charge on any atom is 0.260 e. The van der Waals surface area contributed by atoms with Gasteiger partial charge in [-0.05, 0) is 89.2 Å². The number of nitrogens with zero attached hydrogens (tertiary/aromatic N) is 2. The van der Waals surface area contributed by atoms with Crippen molar-refractivity contribution < 1.29 is 22.7 Å². The molecule has 3 aromatic carbocycles. The smallest absolute Gasteiger partial charge is 0.260 e. The van der Waals surface area contributed by atoms with E-state index in [1.54, 1.807) is 48.5 Å². The summed E-state index contributed by atoms with van der Waals surface area (Å²) in [4.78, 5) is 24.5. The predicted molar refractivity (Wildman–Crippen MR) is 152 cm³/mol. The van der Waals surface area contributed by atoms with Crippen LogP contribution in [0.25, 0.3) is 0 Å². The lowest BCUT2D eigenvalue weighted by Crippen LogP contribution is -2.39. The number of nitrogens with one attached hydrogen (secondary N) is 2. The third-order valence-corrected chi connectivity index (χ3v) is 6.99. The second-order valence-electron chi connectivity index (χ2n) is 8.10. The van der Waals surface area contributed by atoms with Gasteiger partial charge in [0.15, 0.2) is 6.61 Å². The molecule has 0 heterocycles. The summed E-state index contributed by atoms with van der Waals surface area (Å²) < 4.78 is 31.8. The molecule has 1 atom stereocenters. The number of anilines is 1. The zero-order valence-corrected chi connectivity index (χ0v) is 23.3. The normalized spacial score (nSPS) is 12.1. The SMILES string of the molecule is C[C@H](NC(=O)COc1ccc(/C=N\NC(=O)CN(c2ccc(I)cc2)S(C)(=O)=O)cc1)c1ccccc1. The van der Waals surface area contributed by atoms with Gasteiger partial charge in [-0.1, -0.05) is 30.3 Å². The van der Waals surface area contributed by atoms with Gasteiger partial charge in [0, 0.05) is 3.57 Å². The van der Waals surface area contributed by atoms with Gasteiger partial charge in [-0.25, -0.2) is 13.8 Å². The van der Waals surface area contributed by atoms with Crippen molar-refractivity contribution in [3.05, 3.63) is 93.6 Å². The van der Waals surface area contributed by atoms with Crippen LogP contribution >= 0.6 is 22.6 Å². The van der Waals surface area contributed by atoms with E-state index < -0.39 is 22.5 Å². The molecule has 0 saturated carbocycles. The third kappa shape index (κ3) is 9.17. The summed E-state index contributed by atoms with van der Waals surface area (Å²) >= 11 is 2.11. The molecule has 37 heavy (non-hydrogen) atoms. The number of amides is 2. The number of carbonyl (C=O) groups excluding carboxylic acids is 2. The maximum absolute atomic E-state index is 12.3. The minimum Gasteiger partial charge on any atom is -0.484 e. The molecule has 0 bridgehead atoms. The lowest BCUT2D eigenvalue weighted by atomic mass is 10.1. The van der Waals surface area contributed by atoms with Crippen molar-refractivity contribution in [2.45, 2.75) is 13.0 Å². The Balaban J connectivity index is 1.47. The minimum atomic E-state index is -3.66. The van der Waals surface area contributed by atoms with Gasteiger partial charge in [0.1, 0.15) is 12.3 Å². The van der Waals surface area contributed by atoms with Gasteiger partial charge >= 0.3 is 0 Å². The van der Waals surface area contributed by atoms with Crippen LogP contribution in [0.4, 0.5) is 5.69 Å². The summed E-state index contributed by atoms with van der Waals surface area (Å²) in [6, 6.07) is 23.1. The second-order valence-corrected chi connectivity index (χ2v) is 11.2. The van der Waals surface area contributed by atoms with Crippen LogP contribution in [0.2, 0.25) is 0 Å². The number of ether oxygens (including phenoxy) is 1. The van der Waals surface area contributed by atoms with Gasteiger partial charge in [0.25, 0.3) is 11.8 Å². The van der Waals surface area contributed by atoms with E-state index in [1.165, 1.54) is 6.21 Å². The average molecular weight is 634 g/mol. The van der Waals surface area contributed by atoms with Gasteiger partial charge in [-0.15, -0.1) is 0 Å². The number of carbonyl (C=O) groups is 2. The highest BCUT2D eigenvalue weighted by atomic mass is 127. The summed E-state index contributed by atoms with van der Waals surface area (Å²) in [5.74, 6) is -0.320. The summed E-state index contributed by atoms with van der Waals surface area (Å²) in [5.41, 5.74) is 4.41. The van der Waals surface area contributed by atoms with Crippen molar-refractivity contribution in [3.8, 4) is 5.75 Å². The van der Waals surface area contributed by atoms with E-state index in [1.807, 2.05) is 37.3 Å². The Labute approximate surface area is 230 Å². The van der Waals surface area contributed by atoms with Crippen molar-refractivity contribution in [1.82, 2.24) is 10.7 Å². The predicted octanol–water partition coefficient (Wildman–Crippen LogP) is 3.46. The van der Waals surface area contributed by atoms with E-state index in [4.69, 9.17) is 4.74 Å². The minimum absolute atomic E-state index is 0.127. The van der Waals surface area contributed by atoms with Crippen molar-refractivity contribution in [2.75, 3.05) is 23.7 Å². The molecule has 0 radical (unpaired) electrons. The quantitative estimate of drug-likeness (QED) is 0.191. The molecular formula is C26H27IN4O5S. The zero-order valence-electron chi connectivity index (χ0n) is 20.3. The molecule has 2 amide bonds. The summed E-state index contributed by atoms with van der Waals surface area (Å²) in [6.07, 6.45) is 2.46. The number of sulfonamides is 1. The van der Waals surface area contributed by atoms with Crippen LogP contribution in [0, 0.1) is 3.57 Å². The Morgan fingerprint density at radius 3 is 2.27 bits per heavy atom. The fourth-order valence-corrected chi connectivity index (χ4v) is 4.48. The number of hydrogen-bond donors (Lipinski definition) is 2. The molecule has 194 valence electrons. The molecule has 0 aliphatic heterocycles. The van der Waals surface area contributed by atoms with Crippen LogP contribution in [-0.2, 0) is 19.6 Å². The summed E-state index contributed by atoms with van der Waals surface area (Å²) in [5, 5.41) is 6.78. The Kier molecular flexibility index (Phi) is 10.0. The molecule has 0 aliphatic rings. The molecule has 2 N–H and O–H groups in total. The maximum atomic E-state index is 12.3. The first-order chi connectivity index (χ1) is 17.6. The van der Waals surface area contributed by atoms with Gasteiger partial charge in [-0.3, -0.25) is 13.9 Å².